The van der Waals surface area contributed by atoms with Crippen LogP contribution < -0.4 is 16.6 Å². The molecule has 2 unspecified atom stereocenters. The van der Waals surface area contributed by atoms with Crippen LogP contribution in [0.15, 0.2) is 12.2 Å². The number of hydrogen-bond acceptors (Lipinski definition) is 6. The summed E-state index contributed by atoms with van der Waals surface area (Å²) < 4.78 is 0. The fourth-order valence-corrected chi connectivity index (χ4v) is 2.23. The first-order valence-corrected chi connectivity index (χ1v) is 7.59. The number of nitrogens with one attached hydrogen (secondary N) is 2. The summed E-state index contributed by atoms with van der Waals surface area (Å²) in [6, 6.07) is -0.389. The Balaban J connectivity index is 2.10. The van der Waals surface area contributed by atoms with Crippen LogP contribution in [-0.2, 0) is 19.2 Å². The maximum Gasteiger partial charge on any atom is 0.253 e. The van der Waals surface area contributed by atoms with Gasteiger partial charge >= 0.3 is 0 Å². The van der Waals surface area contributed by atoms with Crippen molar-refractivity contribution in [3.05, 3.63) is 12.2 Å². The van der Waals surface area contributed by atoms with Gasteiger partial charge in [-0.15, -0.1) is 0 Å². The molecule has 122 valence electrons. The molecule has 0 aliphatic carbocycles. The topological polar surface area (TPSA) is 122 Å². The molecule has 1 aliphatic rings. The molecule has 1 heterocycles. The number of hydrazine groups is 1. The van der Waals surface area contributed by atoms with Gasteiger partial charge in [0.15, 0.2) is 5.52 Å². The molecule has 2 atom stereocenters. The Morgan fingerprint density at radius 1 is 1.23 bits per heavy atom. The molecule has 4 N–H and O–H groups in total. The summed E-state index contributed by atoms with van der Waals surface area (Å²) in [4.78, 5) is 46.3. The van der Waals surface area contributed by atoms with Crippen LogP contribution in [0.4, 0.5) is 0 Å². The third kappa shape index (κ3) is 6.01. The van der Waals surface area contributed by atoms with Crippen LogP contribution in [0.1, 0.15) is 25.7 Å². The van der Waals surface area contributed by atoms with E-state index >= 15 is 0 Å². The Bertz CT molecular complexity index is 463. The molecule has 0 aromatic rings. The lowest BCUT2D eigenvalue weighted by molar-refractivity contribution is -0.137. The lowest BCUT2D eigenvalue weighted by Crippen LogP contribution is -2.39. The predicted octanol–water partition coefficient (Wildman–Crippen LogP) is -1.18. The van der Waals surface area contributed by atoms with Crippen LogP contribution in [0.5, 0.6) is 0 Å². The van der Waals surface area contributed by atoms with Gasteiger partial charge in [0.1, 0.15) is 0 Å². The van der Waals surface area contributed by atoms with Crippen LogP contribution >= 0.6 is 9.24 Å². The average molecular weight is 328 g/mol. The van der Waals surface area contributed by atoms with Gasteiger partial charge in [-0.1, -0.05) is 9.24 Å². The van der Waals surface area contributed by atoms with Crippen molar-refractivity contribution < 1.29 is 19.2 Å². The summed E-state index contributed by atoms with van der Waals surface area (Å²) in [7, 11) is 2.08. The minimum Gasteiger partial charge on any atom is -0.356 e. The Hall–Kier alpha value is -1.63. The number of carbonyl (C=O) groups is 4. The van der Waals surface area contributed by atoms with Gasteiger partial charge in [0.25, 0.3) is 11.8 Å². The van der Waals surface area contributed by atoms with Crippen molar-refractivity contribution >= 4 is 32.5 Å². The molecule has 0 saturated carbocycles. The van der Waals surface area contributed by atoms with E-state index in [1.165, 1.54) is 12.2 Å². The lowest BCUT2D eigenvalue weighted by Gasteiger charge is -2.14. The van der Waals surface area contributed by atoms with Crippen molar-refractivity contribution in [3.63, 3.8) is 0 Å². The highest BCUT2D eigenvalue weighted by atomic mass is 31.0. The largest absolute Gasteiger partial charge is 0.356 e. The molecule has 0 fully saturated rings. The average Bonchev–Trinajstić information content (AvgIpc) is 2.79. The fourth-order valence-electron chi connectivity index (χ4n) is 1.96. The minimum atomic E-state index is -0.389. The van der Waals surface area contributed by atoms with E-state index in [4.69, 9.17) is 5.84 Å². The van der Waals surface area contributed by atoms with Gasteiger partial charge in [-0.25, -0.2) is 5.43 Å². The van der Waals surface area contributed by atoms with E-state index in [1.54, 1.807) is 0 Å². The van der Waals surface area contributed by atoms with E-state index < -0.39 is 0 Å². The molecule has 1 aliphatic heterocycles. The van der Waals surface area contributed by atoms with E-state index in [-0.39, 0.29) is 42.3 Å². The number of carbonyl (C=O) groups excluding carboxylic acids is 4. The van der Waals surface area contributed by atoms with E-state index in [0.29, 0.717) is 19.4 Å². The minimum absolute atomic E-state index is 0.0796. The highest BCUT2D eigenvalue weighted by Crippen LogP contribution is 2.05. The van der Waals surface area contributed by atoms with Crippen molar-refractivity contribution in [2.75, 3.05) is 13.1 Å². The molecule has 9 heteroatoms. The zero-order valence-corrected chi connectivity index (χ0v) is 13.4. The van der Waals surface area contributed by atoms with E-state index in [1.807, 2.05) is 0 Å². The normalized spacial score (nSPS) is 15.3. The Morgan fingerprint density at radius 2 is 1.86 bits per heavy atom. The van der Waals surface area contributed by atoms with Gasteiger partial charge in [-0.05, 0) is 19.3 Å². The molecule has 0 saturated heterocycles. The standard InChI is InChI=1S/C13H21N4O4P/c14-16-9(13(21)22)3-1-2-7-15-10(18)6-8-17-11(19)4-5-12(17)20/h4-5,9,16H,1-3,6-8,14,22H2,(H,15,18). The number of unbranched alkanes of at least 4 members (excludes halogenated alkanes) is 1. The number of nitrogens with two attached hydrogens (primary N) is 1. The first kappa shape index (κ1) is 18.4. The van der Waals surface area contributed by atoms with Crippen molar-refractivity contribution in [2.24, 2.45) is 5.84 Å². The van der Waals surface area contributed by atoms with E-state index in [0.717, 1.165) is 11.3 Å². The van der Waals surface area contributed by atoms with Crippen LogP contribution in [0, 0.1) is 0 Å². The highest BCUT2D eigenvalue weighted by Gasteiger charge is 2.23. The van der Waals surface area contributed by atoms with Crippen LogP contribution in [0.3, 0.4) is 0 Å². The SMILES string of the molecule is NNC(CCCCNC(=O)CCN1C(=O)C=CC1=O)C(=O)P. The van der Waals surface area contributed by atoms with Crippen LogP contribution in [0.25, 0.3) is 0 Å². The van der Waals surface area contributed by atoms with Crippen LogP contribution in [0.2, 0.25) is 0 Å². The molecule has 0 aromatic heterocycles. The smallest absolute Gasteiger partial charge is 0.253 e. The summed E-state index contributed by atoms with van der Waals surface area (Å²) in [5.74, 6) is 4.24. The van der Waals surface area contributed by atoms with Crippen molar-refractivity contribution in [3.8, 4) is 0 Å². The van der Waals surface area contributed by atoms with Gasteiger partial charge in [-0.3, -0.25) is 29.9 Å². The Morgan fingerprint density at radius 3 is 2.41 bits per heavy atom. The maximum absolute atomic E-state index is 11.6. The second kappa shape index (κ2) is 9.40. The summed E-state index contributed by atoms with van der Waals surface area (Å²) in [6.07, 6.45) is 4.51. The van der Waals surface area contributed by atoms with E-state index in [2.05, 4.69) is 20.0 Å². The van der Waals surface area contributed by atoms with Crippen molar-refractivity contribution in [1.82, 2.24) is 15.6 Å². The molecule has 0 spiro atoms. The molecule has 0 bridgehead atoms. The zero-order chi connectivity index (χ0) is 16.5. The lowest BCUT2D eigenvalue weighted by atomic mass is 10.1. The zero-order valence-electron chi connectivity index (χ0n) is 12.2. The van der Waals surface area contributed by atoms with Crippen LogP contribution in [-0.4, -0.2) is 47.3 Å². The van der Waals surface area contributed by atoms with Crippen molar-refractivity contribution in [1.29, 1.82) is 0 Å². The first-order valence-electron chi connectivity index (χ1n) is 7.01. The predicted molar refractivity (Wildman–Crippen MR) is 83.2 cm³/mol. The third-order valence-corrected chi connectivity index (χ3v) is 3.65. The number of nitrogens with zero attached hydrogens (tertiary/aromatic N) is 1. The van der Waals surface area contributed by atoms with Gasteiger partial charge in [0, 0.05) is 31.7 Å². The number of rotatable bonds is 10. The quantitative estimate of drug-likeness (QED) is 0.153. The monoisotopic (exact) mass is 328 g/mol. The molecular weight excluding hydrogens is 307 g/mol. The van der Waals surface area contributed by atoms with E-state index in [9.17, 15) is 19.2 Å². The van der Waals surface area contributed by atoms with Crippen molar-refractivity contribution in [2.45, 2.75) is 31.7 Å². The number of imide groups is 1. The molecule has 3 amide bonds. The van der Waals surface area contributed by atoms with Gasteiger partial charge in [0.2, 0.25) is 5.91 Å². The molecule has 0 radical (unpaired) electrons. The Labute approximate surface area is 131 Å². The molecule has 22 heavy (non-hydrogen) atoms. The van der Waals surface area contributed by atoms with Gasteiger partial charge in [-0.2, -0.15) is 0 Å². The number of amides is 3. The molecule has 0 aromatic carbocycles. The summed E-state index contributed by atoms with van der Waals surface area (Å²) in [5, 5.41) is 2.71. The number of hydrogen-bond donors (Lipinski definition) is 3. The van der Waals surface area contributed by atoms with Gasteiger partial charge in [0.05, 0.1) is 6.04 Å². The molecule has 8 nitrogen and oxygen atoms in total. The first-order chi connectivity index (χ1) is 10.5. The summed E-state index contributed by atoms with van der Waals surface area (Å²) in [6.45, 7) is 0.554. The Kier molecular flexibility index (Phi) is 7.87. The summed E-state index contributed by atoms with van der Waals surface area (Å²) >= 11 is 0. The highest BCUT2D eigenvalue weighted by molar-refractivity contribution is 7.40. The molecule has 1 rings (SSSR count). The van der Waals surface area contributed by atoms with Gasteiger partial charge < -0.3 is 5.32 Å². The summed E-state index contributed by atoms with van der Waals surface area (Å²) in [5.41, 5.74) is 2.33. The maximum atomic E-state index is 11.6. The molecular formula is C13H21N4O4P. The second-order valence-corrected chi connectivity index (χ2v) is 5.45. The third-order valence-electron chi connectivity index (χ3n) is 3.25. The second-order valence-electron chi connectivity index (χ2n) is 4.88. The fraction of sp³-hybridized carbons (Fsp3) is 0.538.